The molecule has 0 aliphatic rings. The Morgan fingerprint density at radius 1 is 0.841 bits per heavy atom. The fraction of sp³-hybridized carbons (Fsp3) is 0.357. The van der Waals surface area contributed by atoms with Crippen molar-refractivity contribution in [3.05, 3.63) is 72.4 Å². The summed E-state index contributed by atoms with van der Waals surface area (Å²) in [6.07, 6.45) is 2.16. The number of amides is 3. The molecule has 0 radical (unpaired) electrons. The van der Waals surface area contributed by atoms with Gasteiger partial charge in [0, 0.05) is 31.6 Å². The van der Waals surface area contributed by atoms with Crippen molar-refractivity contribution in [1.29, 1.82) is 0 Å². The topological polar surface area (TPSA) is 195 Å². The standard InChI is InChI=1S/C28H38N8O3.5ClH/c29-12-13-36(22(16-30)17-31)26(37)15-23(32)27(38)35-25(11-10-19-6-2-1-3-7-19)28(39)34-21-14-20-8-4-5-9-24(20)33-18-21;;;;;/h1-9,14,18,22-23,25H,10-13,15-17,29-32H2,(H,34,39)(H,35,38);5*1H/p-5/t23-,25-;;;;;/m0...../s1. The summed E-state index contributed by atoms with van der Waals surface area (Å²) in [4.78, 5) is 45.1. The van der Waals surface area contributed by atoms with Crippen molar-refractivity contribution < 1.29 is 76.4 Å². The summed E-state index contributed by atoms with van der Waals surface area (Å²) in [7, 11) is 0. The van der Waals surface area contributed by atoms with Crippen LogP contribution < -0.4 is 95.6 Å². The van der Waals surface area contributed by atoms with Crippen molar-refractivity contribution in [2.45, 2.75) is 37.4 Å². The highest BCUT2D eigenvalue weighted by molar-refractivity contribution is 5.99. The zero-order valence-electron chi connectivity index (χ0n) is 23.9. The Bertz CT molecular complexity index is 1260. The number of hydrogen-bond donors (Lipinski definition) is 6. The van der Waals surface area contributed by atoms with Gasteiger partial charge in [0.2, 0.25) is 17.7 Å². The molecule has 0 fully saturated rings. The molecule has 0 unspecified atom stereocenters. The summed E-state index contributed by atoms with van der Waals surface area (Å²) in [5, 5.41) is 6.45. The average Bonchev–Trinajstić information content (AvgIpc) is 2.95. The van der Waals surface area contributed by atoms with Crippen molar-refractivity contribution in [2.24, 2.45) is 22.9 Å². The van der Waals surface area contributed by atoms with E-state index in [-0.39, 0.29) is 101 Å². The van der Waals surface area contributed by atoms with Gasteiger partial charge in [0.1, 0.15) is 6.04 Å². The molecule has 0 aliphatic heterocycles. The van der Waals surface area contributed by atoms with Gasteiger partial charge in [-0.15, -0.1) is 0 Å². The lowest BCUT2D eigenvalue weighted by Crippen LogP contribution is -3.00. The molecule has 0 saturated heterocycles. The summed E-state index contributed by atoms with van der Waals surface area (Å²) in [6, 6.07) is 16.5. The molecule has 0 saturated carbocycles. The van der Waals surface area contributed by atoms with Gasteiger partial charge in [0.15, 0.2) is 0 Å². The number of rotatable bonds is 14. The van der Waals surface area contributed by atoms with Crippen LogP contribution in [0.15, 0.2) is 66.9 Å². The number of carbonyl (C=O) groups excluding carboxylic acids is 3. The molecule has 1 heterocycles. The number of nitrogens with one attached hydrogen (secondary N) is 2. The number of para-hydroxylation sites is 1. The maximum absolute atomic E-state index is 13.3. The molecule has 1 aromatic heterocycles. The number of carbonyl (C=O) groups is 3. The number of nitrogens with two attached hydrogens (primary N) is 4. The highest BCUT2D eigenvalue weighted by Crippen LogP contribution is 2.17. The van der Waals surface area contributed by atoms with Crippen LogP contribution in [0.3, 0.4) is 0 Å². The van der Waals surface area contributed by atoms with Crippen molar-refractivity contribution >= 4 is 34.3 Å². The van der Waals surface area contributed by atoms with Crippen molar-refractivity contribution in [1.82, 2.24) is 15.2 Å². The third-order valence-electron chi connectivity index (χ3n) is 6.46. The predicted molar refractivity (Wildman–Crippen MR) is 152 cm³/mol. The van der Waals surface area contributed by atoms with Crippen LogP contribution in [0, 0.1) is 0 Å². The number of pyridine rings is 1. The molecule has 11 nitrogen and oxygen atoms in total. The van der Waals surface area contributed by atoms with Crippen LogP contribution in [-0.4, -0.2) is 71.9 Å². The van der Waals surface area contributed by atoms with Crippen molar-refractivity contribution in [3.63, 3.8) is 0 Å². The van der Waals surface area contributed by atoms with E-state index in [9.17, 15) is 14.4 Å². The minimum absolute atomic E-state index is 0. The lowest BCUT2D eigenvalue weighted by atomic mass is 10.0. The Hall–Kier alpha value is -2.45. The predicted octanol–water partition coefficient (Wildman–Crippen LogP) is -14.9. The van der Waals surface area contributed by atoms with Gasteiger partial charge in [-0.05, 0) is 30.5 Å². The number of fused-ring (bicyclic) bond motifs is 1. The van der Waals surface area contributed by atoms with E-state index in [2.05, 4.69) is 15.6 Å². The first-order valence-electron chi connectivity index (χ1n) is 13.0. The molecule has 3 aromatic rings. The highest BCUT2D eigenvalue weighted by atomic mass is 35.5. The summed E-state index contributed by atoms with van der Waals surface area (Å²) < 4.78 is 0. The Kier molecular flexibility index (Phi) is 24.9. The number of hydrogen-bond acceptors (Lipinski definition) is 8. The Labute approximate surface area is 289 Å². The van der Waals surface area contributed by atoms with Gasteiger partial charge in [-0.2, -0.15) is 0 Å². The molecule has 3 amide bonds. The zero-order chi connectivity index (χ0) is 28.2. The molecule has 0 spiro atoms. The number of halogens is 5. The minimum Gasteiger partial charge on any atom is -1.00 e. The van der Waals surface area contributed by atoms with E-state index in [4.69, 9.17) is 22.9 Å². The maximum atomic E-state index is 13.3. The first kappa shape index (κ1) is 46.0. The summed E-state index contributed by atoms with van der Waals surface area (Å²) in [6.45, 7) is 0.785. The second-order valence-corrected chi connectivity index (χ2v) is 9.30. The highest BCUT2D eigenvalue weighted by Gasteiger charge is 2.28. The van der Waals surface area contributed by atoms with E-state index in [0.717, 1.165) is 16.5 Å². The molecular weight excluding hydrogens is 674 g/mol. The van der Waals surface area contributed by atoms with Crippen LogP contribution >= 0.6 is 0 Å². The molecule has 2 atom stereocenters. The molecule has 3 rings (SSSR count). The fourth-order valence-corrected chi connectivity index (χ4v) is 4.27. The number of nitrogens with zero attached hydrogens (tertiary/aromatic N) is 2. The lowest BCUT2D eigenvalue weighted by molar-refractivity contribution is -0.136. The first-order chi connectivity index (χ1) is 18.9. The van der Waals surface area contributed by atoms with E-state index in [1.54, 1.807) is 6.20 Å². The molecular formula is C28H38Cl5N8O3-5. The van der Waals surface area contributed by atoms with Crippen LogP contribution in [0.2, 0.25) is 0 Å². The van der Waals surface area contributed by atoms with Crippen molar-refractivity contribution in [3.8, 4) is 0 Å². The summed E-state index contributed by atoms with van der Waals surface area (Å²) in [5.74, 6) is -1.40. The van der Waals surface area contributed by atoms with Gasteiger partial charge in [-0.1, -0.05) is 48.5 Å². The van der Waals surface area contributed by atoms with Gasteiger partial charge >= 0.3 is 0 Å². The summed E-state index contributed by atoms with van der Waals surface area (Å²) in [5.41, 5.74) is 25.6. The van der Waals surface area contributed by atoms with E-state index in [1.165, 1.54) is 4.90 Å². The van der Waals surface area contributed by atoms with Gasteiger partial charge < -0.3 is 101 Å². The Balaban J connectivity index is -0.00000336. The van der Waals surface area contributed by atoms with E-state index >= 15 is 0 Å². The number of anilines is 1. The quantitative estimate of drug-likeness (QED) is 0.0949. The van der Waals surface area contributed by atoms with Crippen LogP contribution in [0.25, 0.3) is 10.9 Å². The number of aromatic nitrogens is 1. The second kappa shape index (κ2) is 23.9. The van der Waals surface area contributed by atoms with E-state index in [0.29, 0.717) is 18.5 Å². The first-order valence-corrected chi connectivity index (χ1v) is 13.0. The second-order valence-electron chi connectivity index (χ2n) is 9.30. The fourth-order valence-electron chi connectivity index (χ4n) is 4.27. The normalized spacial score (nSPS) is 11.2. The van der Waals surface area contributed by atoms with Gasteiger partial charge in [-0.25, -0.2) is 0 Å². The van der Waals surface area contributed by atoms with E-state index < -0.39 is 29.9 Å². The maximum Gasteiger partial charge on any atom is 0.247 e. The Morgan fingerprint density at radius 3 is 2.07 bits per heavy atom. The van der Waals surface area contributed by atoms with E-state index in [1.807, 2.05) is 60.7 Å². The third kappa shape index (κ3) is 13.7. The lowest BCUT2D eigenvalue weighted by Gasteiger charge is -2.30. The van der Waals surface area contributed by atoms with Gasteiger partial charge in [-0.3, -0.25) is 19.4 Å². The molecule has 16 heteroatoms. The van der Waals surface area contributed by atoms with Gasteiger partial charge in [0.05, 0.1) is 35.9 Å². The molecule has 44 heavy (non-hydrogen) atoms. The zero-order valence-corrected chi connectivity index (χ0v) is 27.6. The Morgan fingerprint density at radius 2 is 1.45 bits per heavy atom. The van der Waals surface area contributed by atoms with Crippen molar-refractivity contribution in [2.75, 3.05) is 31.5 Å². The largest absolute Gasteiger partial charge is 1.00 e. The average molecular weight is 712 g/mol. The number of aryl methyl sites for hydroxylation is 1. The number of benzene rings is 2. The molecule has 2 aromatic carbocycles. The molecule has 0 bridgehead atoms. The monoisotopic (exact) mass is 709 g/mol. The minimum atomic E-state index is -1.18. The SMILES string of the molecule is NCCN(C(=O)C[C@H](N)C(=O)N[C@@H](CCc1ccccc1)C(=O)Nc1cnc2ccccc2c1)C(CN)CN.[Cl-].[Cl-].[Cl-].[Cl-].[Cl-]. The molecule has 248 valence electrons. The van der Waals surface area contributed by atoms with Gasteiger partial charge in [0.25, 0.3) is 0 Å². The van der Waals surface area contributed by atoms with Crippen LogP contribution in [0.5, 0.6) is 0 Å². The van der Waals surface area contributed by atoms with Crippen LogP contribution in [0.1, 0.15) is 18.4 Å². The van der Waals surface area contributed by atoms with Crippen LogP contribution in [-0.2, 0) is 20.8 Å². The molecule has 10 N–H and O–H groups in total. The van der Waals surface area contributed by atoms with Crippen LogP contribution in [0.4, 0.5) is 5.69 Å². The summed E-state index contributed by atoms with van der Waals surface area (Å²) >= 11 is 0. The smallest absolute Gasteiger partial charge is 0.247 e. The molecule has 0 aliphatic carbocycles. The third-order valence-corrected chi connectivity index (χ3v) is 6.46.